The highest BCUT2D eigenvalue weighted by Gasteiger charge is 2.23. The summed E-state index contributed by atoms with van der Waals surface area (Å²) in [4.78, 5) is 25.4. The van der Waals surface area contributed by atoms with Crippen LogP contribution in [0.3, 0.4) is 0 Å². The summed E-state index contributed by atoms with van der Waals surface area (Å²) >= 11 is 1.62. The highest BCUT2D eigenvalue weighted by atomic mass is 32.2. The predicted octanol–water partition coefficient (Wildman–Crippen LogP) is 3.75. The van der Waals surface area contributed by atoms with Crippen molar-refractivity contribution in [2.75, 3.05) is 17.3 Å². The number of carbonyl (C=O) groups is 2. The van der Waals surface area contributed by atoms with Gasteiger partial charge in [0.15, 0.2) is 11.6 Å². The van der Waals surface area contributed by atoms with E-state index in [9.17, 15) is 9.59 Å². The quantitative estimate of drug-likeness (QED) is 0.539. The lowest BCUT2D eigenvalue weighted by Crippen LogP contribution is -2.44. The summed E-state index contributed by atoms with van der Waals surface area (Å²) in [7, 11) is 0. The Morgan fingerprint density at radius 2 is 2.09 bits per heavy atom. The second-order valence-electron chi connectivity index (χ2n) is 7.76. The van der Waals surface area contributed by atoms with Gasteiger partial charge in [-0.2, -0.15) is 11.8 Å². The standard InChI is InChI=1S/C23H27N5O3S/c1-32-14-11-18(25-23(30)19-9-6-13-31-19)22(29)24-17-8-5-7-16(15-17)21-27-26-20-10-3-2-4-12-28(20)21/h5-9,13,15,18H,2-4,10-12,14H2,1H3,(H,24,29)(H,25,30)/t18-/m0/s1. The zero-order valence-corrected chi connectivity index (χ0v) is 18.9. The third-order valence-corrected chi connectivity index (χ3v) is 6.12. The Labute approximate surface area is 191 Å². The molecule has 4 rings (SSSR count). The molecule has 168 valence electrons. The van der Waals surface area contributed by atoms with Gasteiger partial charge in [0.2, 0.25) is 5.91 Å². The number of rotatable bonds is 8. The van der Waals surface area contributed by atoms with E-state index in [0.29, 0.717) is 12.1 Å². The SMILES string of the molecule is CSCC[C@H](NC(=O)c1ccco1)C(=O)Nc1cccc(-c2nnc3n2CCCCC3)c1. The van der Waals surface area contributed by atoms with Gasteiger partial charge in [0.25, 0.3) is 5.91 Å². The van der Waals surface area contributed by atoms with Crippen molar-refractivity contribution in [1.29, 1.82) is 0 Å². The van der Waals surface area contributed by atoms with Gasteiger partial charge >= 0.3 is 0 Å². The van der Waals surface area contributed by atoms with Crippen LogP contribution >= 0.6 is 11.8 Å². The van der Waals surface area contributed by atoms with E-state index in [4.69, 9.17) is 4.42 Å². The first-order chi connectivity index (χ1) is 15.7. The molecule has 0 fully saturated rings. The van der Waals surface area contributed by atoms with E-state index in [-0.39, 0.29) is 11.7 Å². The van der Waals surface area contributed by atoms with Crippen molar-refractivity contribution >= 4 is 29.3 Å². The highest BCUT2D eigenvalue weighted by molar-refractivity contribution is 7.98. The van der Waals surface area contributed by atoms with Gasteiger partial charge in [0.1, 0.15) is 11.9 Å². The lowest BCUT2D eigenvalue weighted by molar-refractivity contribution is -0.118. The molecule has 0 bridgehead atoms. The van der Waals surface area contributed by atoms with E-state index < -0.39 is 11.9 Å². The fraction of sp³-hybridized carbons (Fsp3) is 0.391. The molecule has 0 spiro atoms. The van der Waals surface area contributed by atoms with E-state index in [1.54, 1.807) is 23.9 Å². The average molecular weight is 454 g/mol. The number of anilines is 1. The Bertz CT molecular complexity index is 1060. The molecule has 8 nitrogen and oxygen atoms in total. The smallest absolute Gasteiger partial charge is 0.287 e. The molecule has 0 unspecified atom stereocenters. The van der Waals surface area contributed by atoms with Gasteiger partial charge in [-0.3, -0.25) is 9.59 Å². The molecule has 0 saturated heterocycles. The molecule has 0 saturated carbocycles. The minimum atomic E-state index is -0.673. The van der Waals surface area contributed by atoms with Gasteiger partial charge in [0.05, 0.1) is 6.26 Å². The molecule has 2 amide bonds. The zero-order valence-electron chi connectivity index (χ0n) is 18.0. The summed E-state index contributed by atoms with van der Waals surface area (Å²) in [5.41, 5.74) is 1.56. The molecule has 32 heavy (non-hydrogen) atoms. The number of amides is 2. The van der Waals surface area contributed by atoms with Crippen LogP contribution in [0.5, 0.6) is 0 Å². The normalized spacial score (nSPS) is 14.3. The number of aryl methyl sites for hydroxylation is 1. The lowest BCUT2D eigenvalue weighted by atomic mass is 10.1. The molecule has 2 aromatic heterocycles. The summed E-state index contributed by atoms with van der Waals surface area (Å²) in [6.07, 6.45) is 8.29. The van der Waals surface area contributed by atoms with Gasteiger partial charge in [-0.25, -0.2) is 0 Å². The third kappa shape index (κ3) is 5.21. The maximum Gasteiger partial charge on any atom is 0.287 e. The number of hydrogen-bond donors (Lipinski definition) is 2. The van der Waals surface area contributed by atoms with Gasteiger partial charge in [-0.15, -0.1) is 10.2 Å². The minimum Gasteiger partial charge on any atom is -0.459 e. The first kappa shape index (κ1) is 22.1. The Morgan fingerprint density at radius 1 is 1.19 bits per heavy atom. The molecule has 9 heteroatoms. The highest BCUT2D eigenvalue weighted by Crippen LogP contribution is 2.25. The first-order valence-corrected chi connectivity index (χ1v) is 12.2. The second kappa shape index (κ2) is 10.5. The van der Waals surface area contributed by atoms with Crippen molar-refractivity contribution in [3.05, 3.63) is 54.2 Å². The summed E-state index contributed by atoms with van der Waals surface area (Å²) < 4.78 is 7.33. The van der Waals surface area contributed by atoms with Crippen LogP contribution in [0, 0.1) is 0 Å². The molecular weight excluding hydrogens is 426 g/mol. The van der Waals surface area contributed by atoms with Crippen molar-refractivity contribution in [3.63, 3.8) is 0 Å². The molecule has 2 N–H and O–H groups in total. The summed E-state index contributed by atoms with van der Waals surface area (Å²) in [6, 6.07) is 10.1. The van der Waals surface area contributed by atoms with Crippen LogP contribution in [-0.4, -0.2) is 44.6 Å². The van der Waals surface area contributed by atoms with E-state index in [0.717, 1.165) is 48.8 Å². The molecule has 1 atom stereocenters. The van der Waals surface area contributed by atoms with E-state index in [2.05, 4.69) is 25.4 Å². The van der Waals surface area contributed by atoms with E-state index >= 15 is 0 Å². The van der Waals surface area contributed by atoms with Gasteiger partial charge in [-0.05, 0) is 55.5 Å². The number of furan rings is 1. The van der Waals surface area contributed by atoms with Crippen LogP contribution in [0.15, 0.2) is 47.1 Å². The Hall–Kier alpha value is -3.07. The fourth-order valence-electron chi connectivity index (χ4n) is 3.81. The van der Waals surface area contributed by atoms with Crippen molar-refractivity contribution in [1.82, 2.24) is 20.1 Å². The Balaban J connectivity index is 1.49. The number of benzene rings is 1. The second-order valence-corrected chi connectivity index (χ2v) is 8.74. The van der Waals surface area contributed by atoms with Crippen LogP contribution < -0.4 is 10.6 Å². The van der Waals surface area contributed by atoms with Crippen LogP contribution in [0.1, 0.15) is 42.1 Å². The zero-order chi connectivity index (χ0) is 22.3. The Kier molecular flexibility index (Phi) is 7.26. The summed E-state index contributed by atoms with van der Waals surface area (Å²) in [5, 5.41) is 14.5. The molecule has 0 radical (unpaired) electrons. The number of nitrogens with zero attached hydrogens (tertiary/aromatic N) is 3. The maximum absolute atomic E-state index is 13.0. The first-order valence-electron chi connectivity index (χ1n) is 10.8. The van der Waals surface area contributed by atoms with Gasteiger partial charge < -0.3 is 19.6 Å². The number of hydrogen-bond acceptors (Lipinski definition) is 6. The fourth-order valence-corrected chi connectivity index (χ4v) is 4.28. The van der Waals surface area contributed by atoms with Crippen LogP contribution in [0.2, 0.25) is 0 Å². The largest absolute Gasteiger partial charge is 0.459 e. The van der Waals surface area contributed by atoms with Crippen molar-refractivity contribution in [3.8, 4) is 11.4 Å². The Morgan fingerprint density at radius 3 is 2.91 bits per heavy atom. The summed E-state index contributed by atoms with van der Waals surface area (Å²) in [5.74, 6) is 2.09. The van der Waals surface area contributed by atoms with Gasteiger partial charge in [0, 0.05) is 24.2 Å². The summed E-state index contributed by atoms with van der Waals surface area (Å²) in [6.45, 7) is 0.907. The maximum atomic E-state index is 13.0. The average Bonchev–Trinajstić information content (AvgIpc) is 3.42. The number of fused-ring (bicyclic) bond motifs is 1. The topological polar surface area (TPSA) is 102 Å². The van der Waals surface area contributed by atoms with Crippen LogP contribution in [0.4, 0.5) is 5.69 Å². The van der Waals surface area contributed by atoms with E-state index in [1.165, 1.54) is 12.7 Å². The number of aromatic nitrogens is 3. The number of carbonyl (C=O) groups excluding carboxylic acids is 2. The van der Waals surface area contributed by atoms with Crippen LogP contribution in [0.25, 0.3) is 11.4 Å². The van der Waals surface area contributed by atoms with E-state index in [1.807, 2.05) is 30.5 Å². The minimum absolute atomic E-state index is 0.182. The van der Waals surface area contributed by atoms with Crippen LogP contribution in [-0.2, 0) is 17.8 Å². The number of nitrogens with one attached hydrogen (secondary N) is 2. The number of thioether (sulfide) groups is 1. The molecule has 0 aliphatic carbocycles. The monoisotopic (exact) mass is 453 g/mol. The molecule has 3 heterocycles. The van der Waals surface area contributed by atoms with Crippen molar-refractivity contribution < 1.29 is 14.0 Å². The molecular formula is C23H27N5O3S. The van der Waals surface area contributed by atoms with Gasteiger partial charge in [-0.1, -0.05) is 18.6 Å². The lowest BCUT2D eigenvalue weighted by Gasteiger charge is -2.18. The van der Waals surface area contributed by atoms with Crippen molar-refractivity contribution in [2.24, 2.45) is 0 Å². The molecule has 3 aromatic rings. The predicted molar refractivity (Wildman–Crippen MR) is 125 cm³/mol. The molecule has 1 aromatic carbocycles. The molecule has 1 aliphatic rings. The molecule has 1 aliphatic heterocycles. The third-order valence-electron chi connectivity index (χ3n) is 5.48. The van der Waals surface area contributed by atoms with Crippen molar-refractivity contribution in [2.45, 2.75) is 44.7 Å².